The molecule has 217 valence electrons. The molecule has 0 aliphatic heterocycles. The minimum absolute atomic E-state index is 0. The normalized spacial score (nSPS) is 10.3. The molecule has 0 heterocycles. The fourth-order valence-electron chi connectivity index (χ4n) is 3.48. The van der Waals surface area contributed by atoms with E-state index in [4.69, 9.17) is 30.0 Å². The second-order valence-corrected chi connectivity index (χ2v) is 11.6. The molecule has 0 rings (SSSR count). The monoisotopic (exact) mass is 671 g/mol. The van der Waals surface area contributed by atoms with Crippen molar-refractivity contribution in [3.8, 4) is 0 Å². The summed E-state index contributed by atoms with van der Waals surface area (Å²) >= 11 is 13.5. The Morgan fingerprint density at radius 1 is 0.639 bits per heavy atom. The van der Waals surface area contributed by atoms with Crippen molar-refractivity contribution in [2.45, 2.75) is 150 Å². The average Bonchev–Trinajstić information content (AvgIpc) is 2.83. The fourth-order valence-corrected chi connectivity index (χ4v) is 3.98. The smallest absolute Gasteiger partial charge is 0.793 e. The van der Waals surface area contributed by atoms with E-state index >= 15 is 0 Å². The summed E-state index contributed by atoms with van der Waals surface area (Å²) in [4.78, 5) is 10.8. The average molecular weight is 673 g/mol. The fraction of sp³-hybridized carbons (Fsp3) is 0.967. The molecule has 0 atom stereocenters. The van der Waals surface area contributed by atoms with Crippen molar-refractivity contribution in [2.24, 2.45) is 11.8 Å². The maximum Gasteiger partial charge on any atom is 2.00 e. The van der Waals surface area contributed by atoms with Crippen LogP contribution in [0.25, 0.3) is 0 Å². The number of esters is 1. The Bertz CT molecular complexity index is 367. The minimum Gasteiger partial charge on any atom is -0.793 e. The molecule has 2 nitrogen and oxygen atoms in total. The van der Waals surface area contributed by atoms with Crippen LogP contribution in [0.2, 0.25) is 0 Å². The molecular weight excluding hydrogens is 610 g/mol. The first-order valence-corrected chi connectivity index (χ1v) is 16.6. The van der Waals surface area contributed by atoms with Crippen molar-refractivity contribution in [1.82, 2.24) is 0 Å². The first-order valence-electron chi connectivity index (χ1n) is 14.8. The van der Waals surface area contributed by atoms with Gasteiger partial charge in [-0.3, -0.25) is 4.79 Å². The predicted octanol–water partition coefficient (Wildman–Crippen LogP) is 9.50. The van der Waals surface area contributed by atoms with Gasteiger partial charge in [0.15, 0.2) is 0 Å². The van der Waals surface area contributed by atoms with Gasteiger partial charge in [-0.2, -0.15) is 24.1 Å². The van der Waals surface area contributed by atoms with Crippen LogP contribution in [0, 0.1) is 11.8 Å². The standard InChI is InChI=1S/C14H28O2S.2C8H18S.Sb/c1-2-3-4-5-6-7-8-9-10-11-12-16-14(15)13-17;2*1-8(2)6-4-3-5-7-9;/h17H,2-13H2,1H3;2*8-9H,3-7H2,1-2H3;/q;;;+2/p-2. The number of carbonyl (C=O) groups excluding carboxylic acids is 1. The zero-order valence-corrected chi connectivity index (χ0v) is 29.8. The molecule has 0 aliphatic carbocycles. The van der Waals surface area contributed by atoms with Crippen molar-refractivity contribution in [2.75, 3.05) is 23.9 Å². The van der Waals surface area contributed by atoms with Gasteiger partial charge in [-0.05, 0) is 18.3 Å². The third kappa shape index (κ3) is 51.9. The summed E-state index contributed by atoms with van der Waals surface area (Å²) in [6.07, 6.45) is 23.6. The van der Waals surface area contributed by atoms with Gasteiger partial charge in [0.1, 0.15) is 0 Å². The quantitative estimate of drug-likeness (QED) is 0.0408. The van der Waals surface area contributed by atoms with Crippen LogP contribution < -0.4 is 0 Å². The first-order chi connectivity index (χ1) is 16.8. The molecule has 0 bridgehead atoms. The largest absolute Gasteiger partial charge is 2.00 e. The maximum absolute atomic E-state index is 10.8. The van der Waals surface area contributed by atoms with Gasteiger partial charge in [-0.1, -0.05) is 144 Å². The van der Waals surface area contributed by atoms with Crippen LogP contribution in [-0.2, 0) is 34.8 Å². The van der Waals surface area contributed by atoms with Crippen molar-refractivity contribution >= 4 is 68.3 Å². The Kier molecular flexibility index (Phi) is 50.3. The first kappa shape index (κ1) is 44.4. The number of thiol groups is 1. The van der Waals surface area contributed by atoms with E-state index in [1.165, 1.54) is 109 Å². The summed E-state index contributed by atoms with van der Waals surface area (Å²) < 4.78 is 4.95. The molecule has 0 saturated heterocycles. The molecular formula is C30H62O2S3Sb. The second-order valence-electron chi connectivity index (χ2n) is 10.5. The molecule has 3 radical (unpaired) electrons. The van der Waals surface area contributed by atoms with Crippen LogP contribution in [0.15, 0.2) is 0 Å². The van der Waals surface area contributed by atoms with E-state index in [-0.39, 0.29) is 36.2 Å². The number of rotatable bonds is 22. The molecule has 0 fully saturated rings. The number of ether oxygens (including phenoxy) is 1. The van der Waals surface area contributed by atoms with E-state index in [2.05, 4.69) is 47.2 Å². The van der Waals surface area contributed by atoms with E-state index < -0.39 is 0 Å². The van der Waals surface area contributed by atoms with Gasteiger partial charge in [0.05, 0.1) is 12.4 Å². The van der Waals surface area contributed by atoms with Crippen LogP contribution in [0.5, 0.6) is 0 Å². The molecule has 0 aromatic carbocycles. The predicted molar refractivity (Wildman–Crippen MR) is 173 cm³/mol. The summed E-state index contributed by atoms with van der Waals surface area (Å²) in [5, 5.41) is 0. The molecule has 0 amide bonds. The van der Waals surface area contributed by atoms with Crippen LogP contribution in [0.4, 0.5) is 0 Å². The molecule has 6 heteroatoms. The van der Waals surface area contributed by atoms with Gasteiger partial charge < -0.3 is 30.0 Å². The van der Waals surface area contributed by atoms with E-state index in [1.54, 1.807) is 0 Å². The van der Waals surface area contributed by atoms with Gasteiger partial charge in [-0.15, -0.1) is 0 Å². The number of unbranched alkanes of at least 4 members (excludes halogenated alkanes) is 13. The van der Waals surface area contributed by atoms with Gasteiger partial charge in [-0.25, -0.2) is 0 Å². The maximum atomic E-state index is 10.8. The molecule has 0 N–H and O–H groups in total. The minimum atomic E-state index is -0.204. The number of carbonyl (C=O) groups is 1. The van der Waals surface area contributed by atoms with Gasteiger partial charge in [0, 0.05) is 0 Å². The van der Waals surface area contributed by atoms with E-state index in [0.717, 1.165) is 29.8 Å². The molecule has 0 aromatic rings. The van der Waals surface area contributed by atoms with Crippen LogP contribution in [-0.4, -0.2) is 54.3 Å². The van der Waals surface area contributed by atoms with Crippen molar-refractivity contribution in [3.05, 3.63) is 0 Å². The Morgan fingerprint density at radius 2 is 1.00 bits per heavy atom. The van der Waals surface area contributed by atoms with Crippen LogP contribution >= 0.6 is 12.6 Å². The van der Waals surface area contributed by atoms with E-state index in [0.29, 0.717) is 6.61 Å². The summed E-state index contributed by atoms with van der Waals surface area (Å²) in [5.74, 6) is 3.61. The molecule has 0 unspecified atom stereocenters. The zero-order valence-electron chi connectivity index (χ0n) is 24.7. The summed E-state index contributed by atoms with van der Waals surface area (Å²) in [6.45, 7) is 11.9. The molecule has 0 spiro atoms. The Hall–Kier alpha value is 1.34. The molecule has 0 saturated carbocycles. The third-order valence-corrected chi connectivity index (χ3v) is 6.58. The van der Waals surface area contributed by atoms with E-state index in [1.807, 2.05) is 0 Å². The van der Waals surface area contributed by atoms with Crippen LogP contribution in [0.1, 0.15) is 150 Å². The van der Waals surface area contributed by atoms with E-state index in [9.17, 15) is 4.79 Å². The molecule has 36 heavy (non-hydrogen) atoms. The summed E-state index contributed by atoms with van der Waals surface area (Å²) in [5.41, 5.74) is 0. The Balaban J connectivity index is -0.000000230. The van der Waals surface area contributed by atoms with Crippen molar-refractivity contribution in [3.63, 3.8) is 0 Å². The molecule has 0 aliphatic rings. The zero-order chi connectivity index (χ0) is 27.0. The van der Waals surface area contributed by atoms with Crippen LogP contribution in [0.3, 0.4) is 0 Å². The SMILES string of the molecule is CC(C)CCCCC[S-].CC(C)CCCCC[S-].CCCCCCCCCCCCOC(=O)CS.[Sb+2]. The van der Waals surface area contributed by atoms with Gasteiger partial charge in [0.2, 0.25) is 0 Å². The summed E-state index contributed by atoms with van der Waals surface area (Å²) in [6, 6.07) is 0. The Morgan fingerprint density at radius 3 is 1.33 bits per heavy atom. The second kappa shape index (κ2) is 40.8. The van der Waals surface area contributed by atoms with Crippen molar-refractivity contribution in [1.29, 1.82) is 0 Å². The number of hydrogen-bond acceptors (Lipinski definition) is 5. The summed E-state index contributed by atoms with van der Waals surface area (Å²) in [7, 11) is 0. The topological polar surface area (TPSA) is 26.3 Å². The Labute approximate surface area is 262 Å². The van der Waals surface area contributed by atoms with Gasteiger partial charge in [0.25, 0.3) is 0 Å². The van der Waals surface area contributed by atoms with Gasteiger partial charge >= 0.3 is 30.4 Å². The number of hydrogen-bond donors (Lipinski definition) is 1. The van der Waals surface area contributed by atoms with Crippen molar-refractivity contribution < 1.29 is 9.53 Å². The molecule has 0 aromatic heterocycles. The third-order valence-electron chi connectivity index (χ3n) is 5.74.